The lowest BCUT2D eigenvalue weighted by molar-refractivity contribution is -0.384. The number of nitrogens with one attached hydrogen (secondary N) is 2. The van der Waals surface area contributed by atoms with Crippen molar-refractivity contribution in [3.63, 3.8) is 0 Å². The Hall–Kier alpha value is -2.15. The van der Waals surface area contributed by atoms with Crippen LogP contribution in [0, 0.1) is 16.0 Å². The number of carbonyl (C=O) groups excluding carboxylic acids is 1. The van der Waals surface area contributed by atoms with Gasteiger partial charge in [0.05, 0.1) is 10.5 Å². The Morgan fingerprint density at radius 3 is 2.43 bits per heavy atom. The predicted molar refractivity (Wildman–Crippen MR) is 88.0 cm³/mol. The van der Waals surface area contributed by atoms with Crippen LogP contribution in [0.5, 0.6) is 0 Å². The standard InChI is InChI=1S/C16H25N3O4/c1-12(2)8-9-16(3,21)11-18-15(20)17-10-13-4-6-14(7-5-13)19(22)23/h4-7,12,21H,8-11H2,1-3H3,(H2,17,18,20). The van der Waals surface area contributed by atoms with Gasteiger partial charge in [-0.05, 0) is 31.2 Å². The van der Waals surface area contributed by atoms with E-state index in [9.17, 15) is 20.0 Å². The first-order valence-electron chi connectivity index (χ1n) is 7.67. The van der Waals surface area contributed by atoms with Gasteiger partial charge in [-0.1, -0.05) is 26.0 Å². The first kappa shape index (κ1) is 18.9. The lowest BCUT2D eigenvalue weighted by Crippen LogP contribution is -2.44. The molecule has 3 N–H and O–H groups in total. The van der Waals surface area contributed by atoms with Crippen LogP contribution >= 0.6 is 0 Å². The summed E-state index contributed by atoms with van der Waals surface area (Å²) in [5.41, 5.74) is -0.161. The highest BCUT2D eigenvalue weighted by Gasteiger charge is 2.21. The van der Waals surface area contributed by atoms with E-state index in [0.29, 0.717) is 12.3 Å². The van der Waals surface area contributed by atoms with E-state index in [-0.39, 0.29) is 24.8 Å². The molecule has 0 saturated carbocycles. The zero-order valence-corrected chi connectivity index (χ0v) is 13.8. The number of aliphatic hydroxyl groups is 1. The maximum atomic E-state index is 11.7. The molecular formula is C16H25N3O4. The van der Waals surface area contributed by atoms with Crippen LogP contribution in [0.4, 0.5) is 10.5 Å². The summed E-state index contributed by atoms with van der Waals surface area (Å²) in [6, 6.07) is 5.60. The van der Waals surface area contributed by atoms with Gasteiger partial charge in [0.25, 0.3) is 5.69 Å². The van der Waals surface area contributed by atoms with Crippen molar-refractivity contribution < 1.29 is 14.8 Å². The lowest BCUT2D eigenvalue weighted by Gasteiger charge is -2.24. The van der Waals surface area contributed by atoms with E-state index in [1.165, 1.54) is 12.1 Å². The number of non-ortho nitro benzene ring substituents is 1. The number of carbonyl (C=O) groups is 1. The molecule has 0 radical (unpaired) electrons. The Morgan fingerprint density at radius 2 is 1.91 bits per heavy atom. The van der Waals surface area contributed by atoms with Crippen LogP contribution in [0.25, 0.3) is 0 Å². The van der Waals surface area contributed by atoms with Crippen molar-refractivity contribution in [2.75, 3.05) is 6.54 Å². The molecular weight excluding hydrogens is 298 g/mol. The van der Waals surface area contributed by atoms with Crippen LogP contribution < -0.4 is 10.6 Å². The molecule has 2 amide bonds. The third kappa shape index (κ3) is 7.60. The fraction of sp³-hybridized carbons (Fsp3) is 0.562. The Labute approximate surface area is 136 Å². The van der Waals surface area contributed by atoms with Crippen molar-refractivity contribution >= 4 is 11.7 Å². The third-order valence-corrected chi connectivity index (χ3v) is 3.49. The van der Waals surface area contributed by atoms with Gasteiger partial charge in [0.2, 0.25) is 0 Å². The lowest BCUT2D eigenvalue weighted by atomic mass is 9.95. The van der Waals surface area contributed by atoms with E-state index >= 15 is 0 Å². The van der Waals surface area contributed by atoms with Crippen LogP contribution in [0.3, 0.4) is 0 Å². The Morgan fingerprint density at radius 1 is 1.30 bits per heavy atom. The third-order valence-electron chi connectivity index (χ3n) is 3.49. The van der Waals surface area contributed by atoms with Crippen molar-refractivity contribution in [1.82, 2.24) is 10.6 Å². The van der Waals surface area contributed by atoms with Crippen LogP contribution in [-0.2, 0) is 6.54 Å². The molecule has 0 aliphatic heterocycles. The molecule has 23 heavy (non-hydrogen) atoms. The van der Waals surface area contributed by atoms with Gasteiger partial charge < -0.3 is 15.7 Å². The van der Waals surface area contributed by atoms with Crippen molar-refractivity contribution in [3.8, 4) is 0 Å². The Kier molecular flexibility index (Phi) is 6.96. The van der Waals surface area contributed by atoms with Gasteiger partial charge in [0, 0.05) is 25.2 Å². The summed E-state index contributed by atoms with van der Waals surface area (Å²) in [4.78, 5) is 21.8. The summed E-state index contributed by atoms with van der Waals surface area (Å²) in [5.74, 6) is 0.498. The molecule has 1 unspecified atom stereocenters. The average Bonchev–Trinajstić information content (AvgIpc) is 2.49. The largest absolute Gasteiger partial charge is 0.388 e. The second-order valence-electron chi connectivity index (χ2n) is 6.39. The molecule has 0 aromatic heterocycles. The van der Waals surface area contributed by atoms with E-state index in [1.54, 1.807) is 19.1 Å². The predicted octanol–water partition coefficient (Wildman–Crippen LogP) is 2.58. The summed E-state index contributed by atoms with van der Waals surface area (Å²) < 4.78 is 0. The van der Waals surface area contributed by atoms with Gasteiger partial charge >= 0.3 is 6.03 Å². The molecule has 1 atom stereocenters. The molecule has 0 heterocycles. The zero-order valence-electron chi connectivity index (χ0n) is 13.8. The monoisotopic (exact) mass is 323 g/mol. The molecule has 0 aliphatic rings. The summed E-state index contributed by atoms with van der Waals surface area (Å²) >= 11 is 0. The first-order chi connectivity index (χ1) is 10.7. The summed E-state index contributed by atoms with van der Waals surface area (Å²) in [5, 5.41) is 26.0. The summed E-state index contributed by atoms with van der Waals surface area (Å²) in [6.07, 6.45) is 1.51. The van der Waals surface area contributed by atoms with E-state index in [1.807, 2.05) is 0 Å². The SMILES string of the molecule is CC(C)CCC(C)(O)CNC(=O)NCc1ccc([N+](=O)[O-])cc1. The topological polar surface area (TPSA) is 104 Å². The highest BCUT2D eigenvalue weighted by molar-refractivity contribution is 5.73. The van der Waals surface area contributed by atoms with Gasteiger partial charge in [-0.3, -0.25) is 10.1 Å². The van der Waals surface area contributed by atoms with Crippen molar-refractivity contribution in [2.45, 2.75) is 45.8 Å². The molecule has 7 nitrogen and oxygen atoms in total. The van der Waals surface area contributed by atoms with E-state index in [0.717, 1.165) is 12.0 Å². The maximum Gasteiger partial charge on any atom is 0.315 e. The number of benzene rings is 1. The van der Waals surface area contributed by atoms with Gasteiger partial charge in [-0.15, -0.1) is 0 Å². The van der Waals surface area contributed by atoms with Gasteiger partial charge in [-0.25, -0.2) is 4.79 Å². The maximum absolute atomic E-state index is 11.7. The summed E-state index contributed by atoms with van der Waals surface area (Å²) in [6.45, 7) is 6.30. The van der Waals surface area contributed by atoms with Gasteiger partial charge in [0.1, 0.15) is 0 Å². The molecule has 1 aromatic carbocycles. The van der Waals surface area contributed by atoms with Crippen LogP contribution in [-0.4, -0.2) is 28.2 Å². The minimum Gasteiger partial charge on any atom is -0.388 e. The highest BCUT2D eigenvalue weighted by atomic mass is 16.6. The van der Waals surface area contributed by atoms with E-state index in [2.05, 4.69) is 24.5 Å². The normalized spacial score (nSPS) is 13.4. The van der Waals surface area contributed by atoms with E-state index < -0.39 is 10.5 Å². The first-order valence-corrected chi connectivity index (χ1v) is 7.67. The average molecular weight is 323 g/mol. The minimum absolute atomic E-state index is 0.0133. The molecule has 0 fully saturated rings. The fourth-order valence-corrected chi connectivity index (χ4v) is 1.94. The van der Waals surface area contributed by atoms with Crippen molar-refractivity contribution in [2.24, 2.45) is 5.92 Å². The van der Waals surface area contributed by atoms with Gasteiger partial charge in [-0.2, -0.15) is 0 Å². The number of nitrogens with zero attached hydrogens (tertiary/aromatic N) is 1. The molecule has 128 valence electrons. The Bertz CT molecular complexity index is 527. The number of nitro groups is 1. The van der Waals surface area contributed by atoms with Crippen LogP contribution in [0.15, 0.2) is 24.3 Å². The molecule has 0 bridgehead atoms. The van der Waals surface area contributed by atoms with E-state index in [4.69, 9.17) is 0 Å². The van der Waals surface area contributed by atoms with Crippen molar-refractivity contribution in [3.05, 3.63) is 39.9 Å². The quantitative estimate of drug-likeness (QED) is 0.505. The second kappa shape index (κ2) is 8.47. The zero-order chi connectivity index (χ0) is 17.5. The van der Waals surface area contributed by atoms with Crippen LogP contribution in [0.1, 0.15) is 39.2 Å². The van der Waals surface area contributed by atoms with Gasteiger partial charge in [0.15, 0.2) is 0 Å². The second-order valence-corrected chi connectivity index (χ2v) is 6.39. The van der Waals surface area contributed by atoms with Crippen molar-refractivity contribution in [1.29, 1.82) is 0 Å². The number of hydrogen-bond acceptors (Lipinski definition) is 4. The molecule has 7 heteroatoms. The smallest absolute Gasteiger partial charge is 0.315 e. The molecule has 1 aromatic rings. The number of hydrogen-bond donors (Lipinski definition) is 3. The molecule has 1 rings (SSSR count). The fourth-order valence-electron chi connectivity index (χ4n) is 1.94. The molecule has 0 spiro atoms. The number of amides is 2. The summed E-state index contributed by atoms with van der Waals surface area (Å²) in [7, 11) is 0. The molecule has 0 aliphatic carbocycles. The Balaban J connectivity index is 2.35. The number of nitro benzene ring substituents is 1. The number of urea groups is 1. The minimum atomic E-state index is -0.936. The molecule has 0 saturated heterocycles. The number of rotatable bonds is 8. The highest BCUT2D eigenvalue weighted by Crippen LogP contribution is 2.15. The van der Waals surface area contributed by atoms with Crippen LogP contribution in [0.2, 0.25) is 0 Å².